The monoisotopic (exact) mass is 454 g/mol. The molecule has 1 amide bonds. The highest BCUT2D eigenvalue weighted by molar-refractivity contribution is 5.86. The van der Waals surface area contributed by atoms with Gasteiger partial charge < -0.3 is 15.2 Å². The van der Waals surface area contributed by atoms with Crippen LogP contribution in [0.5, 0.6) is 0 Å². The van der Waals surface area contributed by atoms with Crippen molar-refractivity contribution in [3.8, 4) is 0 Å². The molecule has 3 aromatic rings. The van der Waals surface area contributed by atoms with Gasteiger partial charge in [0.25, 0.3) is 5.69 Å². The van der Waals surface area contributed by atoms with Crippen LogP contribution in [-0.2, 0) is 11.3 Å². The number of nitro benzene ring substituents is 1. The van der Waals surface area contributed by atoms with E-state index >= 15 is 0 Å². The molecule has 3 heterocycles. The molecule has 11 heteroatoms. The lowest BCUT2D eigenvalue weighted by Gasteiger charge is -2.25. The Balaban J connectivity index is 1.77. The maximum atomic E-state index is 12.3. The largest absolute Gasteiger partial charge is 0.465 e. The lowest BCUT2D eigenvalue weighted by Crippen LogP contribution is -2.32. The van der Waals surface area contributed by atoms with Gasteiger partial charge in [-0.3, -0.25) is 15.0 Å². The number of carboxylic acid groups (broad SMARTS) is 1. The predicted molar refractivity (Wildman–Crippen MR) is 122 cm³/mol. The Morgan fingerprint density at radius 2 is 2.12 bits per heavy atom. The van der Waals surface area contributed by atoms with E-state index in [0.29, 0.717) is 36.1 Å². The number of hydrogen-bond acceptors (Lipinski definition) is 7. The Morgan fingerprint density at radius 3 is 2.79 bits per heavy atom. The van der Waals surface area contributed by atoms with Crippen LogP contribution >= 0.6 is 0 Å². The number of non-ortho nitro benzene ring substituents is 1. The molecule has 1 saturated heterocycles. The number of amides is 1. The molecule has 0 spiro atoms. The summed E-state index contributed by atoms with van der Waals surface area (Å²) in [6.07, 6.45) is 2.15. The van der Waals surface area contributed by atoms with Gasteiger partial charge >= 0.3 is 6.09 Å². The van der Waals surface area contributed by atoms with Gasteiger partial charge in [0, 0.05) is 43.0 Å². The first kappa shape index (κ1) is 22.5. The molecular formula is C22H26N6O5. The van der Waals surface area contributed by atoms with Crippen LogP contribution in [0.2, 0.25) is 0 Å². The molecule has 0 atom stereocenters. The fraction of sp³-hybridized carbons (Fsp3) is 0.409. The molecule has 2 N–H and O–H groups in total. The van der Waals surface area contributed by atoms with Gasteiger partial charge in [-0.2, -0.15) is 9.61 Å². The van der Waals surface area contributed by atoms with Crippen LogP contribution in [0.15, 0.2) is 36.5 Å². The minimum atomic E-state index is -1.20. The van der Waals surface area contributed by atoms with Gasteiger partial charge in [-0.25, -0.2) is 9.78 Å². The van der Waals surface area contributed by atoms with Crippen molar-refractivity contribution in [1.29, 1.82) is 0 Å². The topological polar surface area (TPSA) is 135 Å². The average molecular weight is 454 g/mol. The molecule has 1 fully saturated rings. The summed E-state index contributed by atoms with van der Waals surface area (Å²) in [6, 6.07) is 7.77. The second-order valence-corrected chi connectivity index (χ2v) is 8.32. The molecule has 1 aliphatic heterocycles. The van der Waals surface area contributed by atoms with Crippen LogP contribution in [0.3, 0.4) is 0 Å². The predicted octanol–water partition coefficient (Wildman–Crippen LogP) is 4.04. The van der Waals surface area contributed by atoms with E-state index in [1.165, 1.54) is 16.6 Å². The van der Waals surface area contributed by atoms with E-state index in [1.54, 1.807) is 24.4 Å². The molecule has 0 unspecified atom stereocenters. The second-order valence-electron chi connectivity index (χ2n) is 8.32. The summed E-state index contributed by atoms with van der Waals surface area (Å²) in [7, 11) is 0. The summed E-state index contributed by atoms with van der Waals surface area (Å²) in [4.78, 5) is 28.8. The van der Waals surface area contributed by atoms with Gasteiger partial charge in [0.15, 0.2) is 5.65 Å². The Hall–Kier alpha value is -3.73. The van der Waals surface area contributed by atoms with Crippen molar-refractivity contribution in [2.75, 3.05) is 23.4 Å². The van der Waals surface area contributed by atoms with Crippen LogP contribution < -0.4 is 10.2 Å². The van der Waals surface area contributed by atoms with Crippen LogP contribution in [0, 0.1) is 10.1 Å². The number of nitro groups is 1. The maximum Gasteiger partial charge on any atom is 0.413 e. The lowest BCUT2D eigenvalue weighted by molar-refractivity contribution is -0.384. The van der Waals surface area contributed by atoms with E-state index in [4.69, 9.17) is 9.72 Å². The zero-order chi connectivity index (χ0) is 23.5. The van der Waals surface area contributed by atoms with Gasteiger partial charge in [-0.1, -0.05) is 26.0 Å². The normalized spacial score (nSPS) is 14.5. The van der Waals surface area contributed by atoms with E-state index < -0.39 is 11.0 Å². The molecule has 0 radical (unpaired) electrons. The standard InChI is InChI=1S/C22H26N6O5/c1-14(2)18-12-23-27-20(11-19(25-21(18)27)24-16-6-8-33-9-7-16)26(22(29)30)13-15-4-3-5-17(10-15)28(31)32/h3-5,10-12,14,16H,6-9,13H2,1-2H3,(H,24,25)(H,29,30). The van der Waals surface area contributed by atoms with E-state index in [0.717, 1.165) is 23.3 Å². The maximum absolute atomic E-state index is 12.3. The van der Waals surface area contributed by atoms with Gasteiger partial charge in [0.1, 0.15) is 11.6 Å². The summed E-state index contributed by atoms with van der Waals surface area (Å²) < 4.78 is 6.93. The fourth-order valence-electron chi connectivity index (χ4n) is 3.89. The van der Waals surface area contributed by atoms with Crippen molar-refractivity contribution in [3.63, 3.8) is 0 Å². The van der Waals surface area contributed by atoms with E-state index in [2.05, 4.69) is 10.4 Å². The molecule has 174 valence electrons. The zero-order valence-electron chi connectivity index (χ0n) is 18.5. The third kappa shape index (κ3) is 4.87. The number of nitrogens with one attached hydrogen (secondary N) is 1. The molecule has 11 nitrogen and oxygen atoms in total. The van der Waals surface area contributed by atoms with Crippen molar-refractivity contribution in [2.45, 2.75) is 45.2 Å². The quantitative estimate of drug-likeness (QED) is 0.403. The van der Waals surface area contributed by atoms with E-state index in [9.17, 15) is 20.0 Å². The molecule has 0 aliphatic carbocycles. The number of rotatable bonds is 7. The van der Waals surface area contributed by atoms with Crippen LogP contribution in [0.4, 0.5) is 22.1 Å². The number of fused-ring (bicyclic) bond motifs is 1. The summed E-state index contributed by atoms with van der Waals surface area (Å²) in [5.74, 6) is 0.994. The summed E-state index contributed by atoms with van der Waals surface area (Å²) in [5, 5.41) is 29.0. The zero-order valence-corrected chi connectivity index (χ0v) is 18.5. The van der Waals surface area contributed by atoms with E-state index in [-0.39, 0.29) is 24.2 Å². The van der Waals surface area contributed by atoms with Gasteiger partial charge in [0.05, 0.1) is 17.7 Å². The number of benzene rings is 1. The first-order chi connectivity index (χ1) is 15.8. The van der Waals surface area contributed by atoms with Crippen LogP contribution in [-0.4, -0.2) is 50.0 Å². The van der Waals surface area contributed by atoms with E-state index in [1.807, 2.05) is 13.8 Å². The van der Waals surface area contributed by atoms with Crippen molar-refractivity contribution in [1.82, 2.24) is 14.6 Å². The molecule has 2 aromatic heterocycles. The Morgan fingerprint density at radius 1 is 1.36 bits per heavy atom. The highest BCUT2D eigenvalue weighted by Gasteiger charge is 2.24. The van der Waals surface area contributed by atoms with Crippen molar-refractivity contribution < 1.29 is 19.6 Å². The molecule has 1 aliphatic rings. The minimum absolute atomic E-state index is 0.0797. The number of carbonyl (C=O) groups is 1. The SMILES string of the molecule is CC(C)c1cnn2c(N(Cc3cccc([N+](=O)[O-])c3)C(=O)O)cc(NC3CCOCC3)nc12. The summed E-state index contributed by atoms with van der Waals surface area (Å²) >= 11 is 0. The molecular weight excluding hydrogens is 428 g/mol. The highest BCUT2D eigenvalue weighted by atomic mass is 16.6. The third-order valence-electron chi connectivity index (χ3n) is 5.65. The molecule has 0 saturated carbocycles. The number of hydrogen-bond donors (Lipinski definition) is 2. The van der Waals surface area contributed by atoms with Crippen molar-refractivity contribution in [3.05, 3.63) is 57.8 Å². The van der Waals surface area contributed by atoms with Crippen molar-refractivity contribution in [2.24, 2.45) is 0 Å². The van der Waals surface area contributed by atoms with Gasteiger partial charge in [-0.15, -0.1) is 0 Å². The Labute approximate surface area is 190 Å². The van der Waals surface area contributed by atoms with Crippen LogP contribution in [0.25, 0.3) is 5.65 Å². The molecule has 4 rings (SSSR count). The average Bonchev–Trinajstić information content (AvgIpc) is 3.22. The smallest absolute Gasteiger partial charge is 0.413 e. The fourth-order valence-corrected chi connectivity index (χ4v) is 3.89. The number of aromatic nitrogens is 3. The molecule has 33 heavy (non-hydrogen) atoms. The summed E-state index contributed by atoms with van der Waals surface area (Å²) in [6.45, 7) is 5.28. The molecule has 1 aromatic carbocycles. The Kier molecular flexibility index (Phi) is 6.40. The third-order valence-corrected chi connectivity index (χ3v) is 5.65. The summed E-state index contributed by atoms with van der Waals surface area (Å²) in [5.41, 5.74) is 1.86. The van der Waals surface area contributed by atoms with Gasteiger partial charge in [0.2, 0.25) is 0 Å². The van der Waals surface area contributed by atoms with Gasteiger partial charge in [-0.05, 0) is 24.3 Å². The first-order valence-corrected chi connectivity index (χ1v) is 10.8. The molecule has 0 bridgehead atoms. The lowest BCUT2D eigenvalue weighted by atomic mass is 10.1. The second kappa shape index (κ2) is 9.41. The number of ether oxygens (including phenoxy) is 1. The first-order valence-electron chi connectivity index (χ1n) is 10.8. The van der Waals surface area contributed by atoms with Crippen LogP contribution in [0.1, 0.15) is 43.7 Å². The number of anilines is 2. The Bertz CT molecular complexity index is 1170. The van der Waals surface area contributed by atoms with Crippen molar-refractivity contribution >= 4 is 29.1 Å². The highest BCUT2D eigenvalue weighted by Crippen LogP contribution is 2.28. The number of nitrogens with zero attached hydrogens (tertiary/aromatic N) is 5. The minimum Gasteiger partial charge on any atom is -0.465 e.